The van der Waals surface area contributed by atoms with E-state index in [-0.39, 0.29) is 18.0 Å². The van der Waals surface area contributed by atoms with Crippen LogP contribution < -0.4 is 10.9 Å². The lowest BCUT2D eigenvalue weighted by molar-refractivity contribution is 0.372. The third-order valence-electron chi connectivity index (χ3n) is 4.46. The number of H-pyrrole nitrogens is 1. The summed E-state index contributed by atoms with van der Waals surface area (Å²) in [5.41, 5.74) is 2.61. The number of rotatable bonds is 1. The molecule has 2 aromatic heterocycles. The van der Waals surface area contributed by atoms with Crippen LogP contribution in [0.1, 0.15) is 31.4 Å². The third kappa shape index (κ3) is 2.79. The molecule has 0 amide bonds. The molecule has 5 nitrogen and oxygen atoms in total. The van der Waals surface area contributed by atoms with Crippen molar-refractivity contribution in [1.29, 1.82) is 0 Å². The van der Waals surface area contributed by atoms with Gasteiger partial charge in [0, 0.05) is 22.5 Å². The molecule has 0 aliphatic carbocycles. The summed E-state index contributed by atoms with van der Waals surface area (Å²) >= 11 is 3.57. The second kappa shape index (κ2) is 6.26. The molecule has 2 atom stereocenters. The summed E-state index contributed by atoms with van der Waals surface area (Å²) in [6.45, 7) is 3.16. The predicted octanol–water partition coefficient (Wildman–Crippen LogP) is 3.22. The van der Waals surface area contributed by atoms with Crippen LogP contribution in [0.2, 0.25) is 0 Å². The number of hydrogen-bond acceptors (Lipinski definition) is 3. The SMILES string of the molecule is C[C@H]1C[C@H](c2cc(=O)[nH]c3c4c(Br)cccc4nn23)CCN1.Cl. The second-order valence-electron chi connectivity index (χ2n) is 6.03. The van der Waals surface area contributed by atoms with E-state index in [1.165, 1.54) is 0 Å². The highest BCUT2D eigenvalue weighted by Crippen LogP contribution is 2.31. The number of fused-ring (bicyclic) bond motifs is 3. The minimum Gasteiger partial charge on any atom is -0.314 e. The van der Waals surface area contributed by atoms with Crippen LogP contribution >= 0.6 is 28.3 Å². The van der Waals surface area contributed by atoms with Crippen molar-refractivity contribution in [2.45, 2.75) is 31.7 Å². The van der Waals surface area contributed by atoms with Gasteiger partial charge >= 0.3 is 0 Å². The molecule has 0 saturated carbocycles. The van der Waals surface area contributed by atoms with Crippen LogP contribution in [-0.2, 0) is 0 Å². The number of nitrogens with one attached hydrogen (secondary N) is 2. The molecule has 122 valence electrons. The molecule has 1 aliphatic heterocycles. The molecule has 1 aliphatic rings. The Labute approximate surface area is 148 Å². The largest absolute Gasteiger partial charge is 0.314 e. The first-order chi connectivity index (χ1) is 10.6. The Morgan fingerprint density at radius 2 is 2.22 bits per heavy atom. The molecular formula is C16H18BrClN4O. The summed E-state index contributed by atoms with van der Waals surface area (Å²) in [5, 5.41) is 9.13. The van der Waals surface area contributed by atoms with Crippen molar-refractivity contribution in [2.75, 3.05) is 6.54 Å². The highest BCUT2D eigenvalue weighted by molar-refractivity contribution is 9.10. The van der Waals surface area contributed by atoms with Crippen LogP contribution in [0.25, 0.3) is 16.6 Å². The summed E-state index contributed by atoms with van der Waals surface area (Å²) in [5.74, 6) is 0.356. The van der Waals surface area contributed by atoms with Crippen molar-refractivity contribution in [3.8, 4) is 0 Å². The Morgan fingerprint density at radius 1 is 1.39 bits per heavy atom. The Bertz CT molecular complexity index is 919. The third-order valence-corrected chi connectivity index (χ3v) is 5.12. The van der Waals surface area contributed by atoms with E-state index in [9.17, 15) is 4.79 Å². The molecule has 7 heteroatoms. The fourth-order valence-corrected chi connectivity index (χ4v) is 3.98. The molecule has 1 aromatic carbocycles. The van der Waals surface area contributed by atoms with Gasteiger partial charge in [0.05, 0.1) is 16.6 Å². The van der Waals surface area contributed by atoms with Crippen LogP contribution in [0.3, 0.4) is 0 Å². The van der Waals surface area contributed by atoms with Crippen molar-refractivity contribution in [3.05, 3.63) is 44.8 Å². The molecule has 1 saturated heterocycles. The van der Waals surface area contributed by atoms with Crippen molar-refractivity contribution < 1.29 is 0 Å². The smallest absolute Gasteiger partial charge is 0.251 e. The number of aromatic amines is 1. The fourth-order valence-electron chi connectivity index (χ4n) is 3.44. The molecule has 4 rings (SSSR count). The van der Waals surface area contributed by atoms with Gasteiger partial charge in [0.25, 0.3) is 5.56 Å². The van der Waals surface area contributed by atoms with Crippen LogP contribution in [-0.4, -0.2) is 27.2 Å². The van der Waals surface area contributed by atoms with Crippen LogP contribution in [0.15, 0.2) is 33.5 Å². The summed E-state index contributed by atoms with van der Waals surface area (Å²) in [7, 11) is 0. The van der Waals surface area contributed by atoms with Gasteiger partial charge < -0.3 is 10.3 Å². The zero-order chi connectivity index (χ0) is 15.3. The molecule has 3 aromatic rings. The zero-order valence-corrected chi connectivity index (χ0v) is 15.1. The number of hydrogen-bond donors (Lipinski definition) is 2. The van der Waals surface area contributed by atoms with Crippen LogP contribution in [0.4, 0.5) is 0 Å². The Hall–Kier alpha value is -1.37. The first-order valence-electron chi connectivity index (χ1n) is 7.57. The van der Waals surface area contributed by atoms with Gasteiger partial charge in [-0.05, 0) is 54.4 Å². The molecule has 0 unspecified atom stereocenters. The number of nitrogens with zero attached hydrogens (tertiary/aromatic N) is 2. The summed E-state index contributed by atoms with van der Waals surface area (Å²) in [4.78, 5) is 15.1. The van der Waals surface area contributed by atoms with E-state index < -0.39 is 0 Å². The average molecular weight is 398 g/mol. The minimum atomic E-state index is -0.0637. The van der Waals surface area contributed by atoms with E-state index in [2.05, 4.69) is 33.2 Å². The standard InChI is InChI=1S/C16H17BrN4O.ClH/c1-9-7-10(5-6-18-9)13-8-14(22)19-16-15-11(17)3-2-4-12(15)20-21(13)16;/h2-4,8-10,18H,5-7H2,1H3,(H,19,22);1H/t9-,10+;/m0./s1. The molecule has 0 spiro atoms. The number of piperidine rings is 1. The van der Waals surface area contributed by atoms with Crippen LogP contribution in [0.5, 0.6) is 0 Å². The lowest BCUT2D eigenvalue weighted by Gasteiger charge is -2.28. The first-order valence-corrected chi connectivity index (χ1v) is 8.36. The highest BCUT2D eigenvalue weighted by Gasteiger charge is 2.24. The molecule has 0 radical (unpaired) electrons. The van der Waals surface area contributed by atoms with Crippen molar-refractivity contribution in [1.82, 2.24) is 19.9 Å². The molecule has 3 heterocycles. The van der Waals surface area contributed by atoms with Gasteiger partial charge in [-0.2, -0.15) is 5.10 Å². The molecule has 23 heavy (non-hydrogen) atoms. The van der Waals surface area contributed by atoms with Gasteiger partial charge in [0.2, 0.25) is 0 Å². The normalized spacial score (nSPS) is 21.5. The maximum Gasteiger partial charge on any atom is 0.251 e. The number of halogens is 2. The van der Waals surface area contributed by atoms with Crippen LogP contribution in [0, 0.1) is 0 Å². The summed E-state index contributed by atoms with van der Waals surface area (Å²) in [6.07, 6.45) is 2.05. The lowest BCUT2D eigenvalue weighted by Crippen LogP contribution is -2.35. The van der Waals surface area contributed by atoms with Gasteiger partial charge in [-0.1, -0.05) is 6.07 Å². The van der Waals surface area contributed by atoms with E-state index in [1.807, 2.05) is 22.7 Å². The van der Waals surface area contributed by atoms with Gasteiger partial charge in [0.15, 0.2) is 0 Å². The monoisotopic (exact) mass is 396 g/mol. The minimum absolute atomic E-state index is 0. The number of aromatic nitrogens is 3. The molecule has 0 bridgehead atoms. The van der Waals surface area contributed by atoms with E-state index in [0.717, 1.165) is 46.1 Å². The van der Waals surface area contributed by atoms with Crippen molar-refractivity contribution in [2.24, 2.45) is 0 Å². The second-order valence-corrected chi connectivity index (χ2v) is 6.88. The average Bonchev–Trinajstić information content (AvgIpc) is 2.86. The molecule has 2 N–H and O–H groups in total. The summed E-state index contributed by atoms with van der Waals surface area (Å²) < 4.78 is 2.87. The predicted molar refractivity (Wildman–Crippen MR) is 97.7 cm³/mol. The van der Waals surface area contributed by atoms with E-state index >= 15 is 0 Å². The quantitative estimate of drug-likeness (QED) is 0.663. The van der Waals surface area contributed by atoms with Crippen molar-refractivity contribution >= 4 is 44.9 Å². The van der Waals surface area contributed by atoms with E-state index in [0.29, 0.717) is 12.0 Å². The topological polar surface area (TPSA) is 62.2 Å². The Morgan fingerprint density at radius 3 is 3.00 bits per heavy atom. The van der Waals surface area contributed by atoms with Gasteiger partial charge in [-0.15, -0.1) is 12.4 Å². The number of benzene rings is 1. The van der Waals surface area contributed by atoms with Gasteiger partial charge in [-0.3, -0.25) is 4.79 Å². The van der Waals surface area contributed by atoms with E-state index in [4.69, 9.17) is 5.10 Å². The van der Waals surface area contributed by atoms with E-state index in [1.54, 1.807) is 6.07 Å². The fraction of sp³-hybridized carbons (Fsp3) is 0.375. The maximum atomic E-state index is 12.2. The first kappa shape index (κ1) is 16.5. The molecule has 1 fully saturated rings. The maximum absolute atomic E-state index is 12.2. The summed E-state index contributed by atoms with van der Waals surface area (Å²) in [6, 6.07) is 8.07. The Balaban J connectivity index is 0.00000156. The lowest BCUT2D eigenvalue weighted by atomic mass is 9.90. The van der Waals surface area contributed by atoms with Gasteiger partial charge in [0.1, 0.15) is 5.65 Å². The zero-order valence-electron chi connectivity index (χ0n) is 12.7. The van der Waals surface area contributed by atoms with Crippen molar-refractivity contribution in [3.63, 3.8) is 0 Å². The highest BCUT2D eigenvalue weighted by atomic mass is 79.9. The Kier molecular flexibility index (Phi) is 4.49. The molecular weight excluding hydrogens is 380 g/mol. The van der Waals surface area contributed by atoms with Gasteiger partial charge in [-0.25, -0.2) is 4.52 Å².